The quantitative estimate of drug-likeness (QED) is 0.260. The monoisotopic (exact) mass is 527 g/mol. The van der Waals surface area contributed by atoms with Crippen molar-refractivity contribution in [1.29, 1.82) is 0 Å². The zero-order valence-electron chi connectivity index (χ0n) is 17.5. The van der Waals surface area contributed by atoms with Gasteiger partial charge < -0.3 is 19.7 Å². The van der Waals surface area contributed by atoms with Crippen LogP contribution in [0.5, 0.6) is 0 Å². The Hall–Kier alpha value is -2.10. The smallest absolute Gasteiger partial charge is 0.250 e. The number of rotatable bonds is 7. The number of benzene rings is 1. The maximum absolute atomic E-state index is 14.0. The molecule has 0 saturated carbocycles. The lowest BCUT2D eigenvalue weighted by Gasteiger charge is -2.37. The normalized spacial score (nSPS) is 14.4. The van der Waals surface area contributed by atoms with Gasteiger partial charge in [-0.1, -0.05) is 18.2 Å². The number of aryl methyl sites for hydroxylation is 1. The van der Waals surface area contributed by atoms with Crippen molar-refractivity contribution in [3.8, 4) is 0 Å². The van der Waals surface area contributed by atoms with Crippen LogP contribution in [0.3, 0.4) is 0 Å². The van der Waals surface area contributed by atoms with Gasteiger partial charge in [-0.2, -0.15) is 0 Å². The molecule has 1 fully saturated rings. The molecule has 1 N–H and O–H groups in total. The Bertz CT molecular complexity index is 864. The molecule has 6 nitrogen and oxygen atoms in total. The van der Waals surface area contributed by atoms with Gasteiger partial charge in [0.15, 0.2) is 5.96 Å². The number of guanidine groups is 1. The molecule has 8 heteroatoms. The number of unbranched alkanes of at least 4 members (excludes halogenated alkanes) is 1. The van der Waals surface area contributed by atoms with Crippen molar-refractivity contribution in [2.75, 3.05) is 44.2 Å². The number of hydrogen-bond donors (Lipinski definition) is 1. The third-order valence-electron chi connectivity index (χ3n) is 5.07. The number of piperazine rings is 1. The Morgan fingerprint density at radius 3 is 2.50 bits per heavy atom. The summed E-state index contributed by atoms with van der Waals surface area (Å²) >= 11 is 0. The fourth-order valence-corrected chi connectivity index (χ4v) is 3.52. The highest BCUT2D eigenvalue weighted by Crippen LogP contribution is 2.20. The summed E-state index contributed by atoms with van der Waals surface area (Å²) in [5, 5.41) is 3.36. The molecule has 30 heavy (non-hydrogen) atoms. The van der Waals surface area contributed by atoms with E-state index in [1.54, 1.807) is 22.8 Å². The van der Waals surface area contributed by atoms with E-state index < -0.39 is 0 Å². The molecule has 2 heterocycles. The van der Waals surface area contributed by atoms with E-state index >= 15 is 0 Å². The second-order valence-corrected chi connectivity index (χ2v) is 7.10. The van der Waals surface area contributed by atoms with Crippen LogP contribution in [0.2, 0.25) is 0 Å². The van der Waals surface area contributed by atoms with E-state index in [0.29, 0.717) is 12.2 Å². The third kappa shape index (κ3) is 6.72. The average molecular weight is 527 g/mol. The van der Waals surface area contributed by atoms with Gasteiger partial charge in [-0.05, 0) is 38.0 Å². The van der Waals surface area contributed by atoms with E-state index in [9.17, 15) is 9.18 Å². The van der Waals surface area contributed by atoms with E-state index in [2.05, 4.69) is 22.0 Å². The molecule has 3 rings (SSSR count). The van der Waals surface area contributed by atoms with Crippen molar-refractivity contribution in [2.45, 2.75) is 26.3 Å². The van der Waals surface area contributed by atoms with Gasteiger partial charge >= 0.3 is 0 Å². The number of aliphatic imine (C=N–C) groups is 1. The number of nitrogens with one attached hydrogen (secondary N) is 1. The summed E-state index contributed by atoms with van der Waals surface area (Å²) in [6.45, 7) is 7.45. The summed E-state index contributed by atoms with van der Waals surface area (Å²) in [5.41, 5.74) is 0.710. The first kappa shape index (κ1) is 24.2. The summed E-state index contributed by atoms with van der Waals surface area (Å²) < 4.78 is 15.8. The van der Waals surface area contributed by atoms with E-state index in [1.807, 2.05) is 24.4 Å². The Kier molecular flexibility index (Phi) is 10.1. The second kappa shape index (κ2) is 12.6. The maximum Gasteiger partial charge on any atom is 0.250 e. The molecule has 1 saturated heterocycles. The van der Waals surface area contributed by atoms with Gasteiger partial charge in [-0.3, -0.25) is 9.79 Å². The summed E-state index contributed by atoms with van der Waals surface area (Å²) in [7, 11) is 0. The van der Waals surface area contributed by atoms with E-state index in [1.165, 1.54) is 6.07 Å². The van der Waals surface area contributed by atoms with Crippen LogP contribution in [-0.4, -0.2) is 54.7 Å². The third-order valence-corrected chi connectivity index (χ3v) is 5.07. The predicted molar refractivity (Wildman–Crippen MR) is 132 cm³/mol. The number of pyridine rings is 1. The molecular weight excluding hydrogens is 496 g/mol. The largest absolute Gasteiger partial charge is 0.366 e. The van der Waals surface area contributed by atoms with Crippen LogP contribution in [0.4, 0.5) is 10.1 Å². The van der Waals surface area contributed by atoms with Crippen LogP contribution in [0.25, 0.3) is 0 Å². The Labute approximate surface area is 194 Å². The van der Waals surface area contributed by atoms with E-state index in [4.69, 9.17) is 4.99 Å². The summed E-state index contributed by atoms with van der Waals surface area (Å²) in [6, 6.07) is 12.2. The van der Waals surface area contributed by atoms with Crippen molar-refractivity contribution in [3.05, 3.63) is 64.8 Å². The molecule has 0 radical (unpaired) electrons. The fraction of sp³-hybridized carbons (Fsp3) is 0.455. The lowest BCUT2D eigenvalue weighted by Crippen LogP contribution is -2.52. The van der Waals surface area contributed by atoms with Crippen LogP contribution in [0.15, 0.2) is 58.4 Å². The highest BCUT2D eigenvalue weighted by atomic mass is 127. The van der Waals surface area contributed by atoms with Gasteiger partial charge in [0.25, 0.3) is 0 Å². The fourth-order valence-electron chi connectivity index (χ4n) is 3.52. The minimum atomic E-state index is -0.168. The van der Waals surface area contributed by atoms with Gasteiger partial charge in [-0.15, -0.1) is 24.0 Å². The van der Waals surface area contributed by atoms with Crippen molar-refractivity contribution in [1.82, 2.24) is 14.8 Å². The zero-order chi connectivity index (χ0) is 20.5. The van der Waals surface area contributed by atoms with Crippen LogP contribution in [0.1, 0.15) is 19.8 Å². The van der Waals surface area contributed by atoms with Gasteiger partial charge in [0, 0.05) is 58.1 Å². The van der Waals surface area contributed by atoms with Gasteiger partial charge in [0.1, 0.15) is 5.82 Å². The first-order chi connectivity index (χ1) is 14.2. The van der Waals surface area contributed by atoms with Gasteiger partial charge in [0.05, 0.1) is 5.69 Å². The van der Waals surface area contributed by atoms with Gasteiger partial charge in [-0.25, -0.2) is 4.39 Å². The lowest BCUT2D eigenvalue weighted by atomic mass is 10.2. The number of aromatic nitrogens is 1. The minimum absolute atomic E-state index is 0. The lowest BCUT2D eigenvalue weighted by molar-refractivity contribution is 0.370. The molecule has 0 bridgehead atoms. The van der Waals surface area contributed by atoms with E-state index in [-0.39, 0.29) is 35.4 Å². The van der Waals surface area contributed by atoms with Crippen LogP contribution >= 0.6 is 24.0 Å². The molecule has 2 aromatic rings. The first-order valence-corrected chi connectivity index (χ1v) is 10.4. The Balaban J connectivity index is 0.00000320. The molecule has 1 aromatic carbocycles. The van der Waals surface area contributed by atoms with Crippen molar-refractivity contribution < 1.29 is 4.39 Å². The van der Waals surface area contributed by atoms with Crippen molar-refractivity contribution in [3.63, 3.8) is 0 Å². The van der Waals surface area contributed by atoms with Gasteiger partial charge in [0.2, 0.25) is 5.56 Å². The molecule has 1 aliphatic heterocycles. The number of anilines is 1. The topological polar surface area (TPSA) is 52.9 Å². The molecule has 1 aromatic heterocycles. The minimum Gasteiger partial charge on any atom is -0.366 e. The summed E-state index contributed by atoms with van der Waals surface area (Å²) in [6.07, 6.45) is 3.66. The number of hydrogen-bond acceptors (Lipinski definition) is 3. The number of halogens is 2. The first-order valence-electron chi connectivity index (χ1n) is 10.4. The highest BCUT2D eigenvalue weighted by Gasteiger charge is 2.21. The highest BCUT2D eigenvalue weighted by molar-refractivity contribution is 14.0. The molecule has 164 valence electrons. The molecule has 0 amide bonds. The molecule has 1 aliphatic rings. The average Bonchev–Trinajstić information content (AvgIpc) is 2.74. The molecule has 0 spiro atoms. The summed E-state index contributed by atoms with van der Waals surface area (Å²) in [4.78, 5) is 20.8. The van der Waals surface area contributed by atoms with Crippen molar-refractivity contribution >= 4 is 35.6 Å². The predicted octanol–water partition coefficient (Wildman–Crippen LogP) is 3.17. The molecule has 0 unspecified atom stereocenters. The van der Waals surface area contributed by atoms with Crippen molar-refractivity contribution in [2.24, 2.45) is 4.99 Å². The number of para-hydroxylation sites is 1. The van der Waals surface area contributed by atoms with Crippen LogP contribution < -0.4 is 15.8 Å². The maximum atomic E-state index is 14.0. The van der Waals surface area contributed by atoms with Crippen LogP contribution in [0, 0.1) is 5.82 Å². The van der Waals surface area contributed by atoms with Crippen LogP contribution in [-0.2, 0) is 6.54 Å². The molecular formula is C22H31FIN5O. The van der Waals surface area contributed by atoms with E-state index in [0.717, 1.165) is 58.1 Å². The molecule has 0 atom stereocenters. The molecule has 0 aliphatic carbocycles. The zero-order valence-corrected chi connectivity index (χ0v) is 19.8. The Morgan fingerprint density at radius 2 is 1.80 bits per heavy atom. The number of nitrogens with zero attached hydrogens (tertiary/aromatic N) is 4. The second-order valence-electron chi connectivity index (χ2n) is 7.10. The summed E-state index contributed by atoms with van der Waals surface area (Å²) in [5.74, 6) is 0.747. The standard InChI is InChI=1S/C22H30FN5O.HI/c1-2-24-22(25-12-6-8-14-27-13-7-5-11-21(27)29)28-17-15-26(16-18-28)20-10-4-3-9-19(20)23;/h3-5,7,9-11,13H,2,6,8,12,14-18H2,1H3,(H,24,25);1H. The SMILES string of the molecule is CCNC(=NCCCCn1ccccc1=O)N1CCN(c2ccccc2F)CC1.I. The Morgan fingerprint density at radius 1 is 1.07 bits per heavy atom.